The number of likely N-dealkylation sites (tertiary alicyclic amines) is 1. The molecule has 1 aliphatic heterocycles. The smallest absolute Gasteiger partial charge is 0.410 e. The molecule has 1 unspecified atom stereocenters. The molecule has 1 aliphatic rings. The van der Waals surface area contributed by atoms with Crippen molar-refractivity contribution < 1.29 is 14.3 Å². The highest BCUT2D eigenvalue weighted by molar-refractivity contribution is 6.30. The molecule has 1 fully saturated rings. The number of carbonyl (C=O) groups excluding carboxylic acids is 2. The Morgan fingerprint density at radius 3 is 2.39 bits per heavy atom. The van der Waals surface area contributed by atoms with E-state index in [1.807, 2.05) is 36.9 Å². The number of benzene rings is 2. The van der Waals surface area contributed by atoms with Crippen molar-refractivity contribution in [2.24, 2.45) is 5.41 Å². The Kier molecular flexibility index (Phi) is 6.95. The van der Waals surface area contributed by atoms with Crippen molar-refractivity contribution >= 4 is 23.6 Å². The first-order chi connectivity index (χ1) is 14.6. The maximum absolute atomic E-state index is 13.0. The highest BCUT2D eigenvalue weighted by Gasteiger charge is 2.39. The summed E-state index contributed by atoms with van der Waals surface area (Å²) < 4.78 is 5.30. The molecule has 1 atom stereocenters. The average Bonchev–Trinajstić information content (AvgIpc) is 2.68. The number of piperidine rings is 1. The van der Waals surface area contributed by atoms with Crippen LogP contribution in [0.5, 0.6) is 5.75 Å². The van der Waals surface area contributed by atoms with Crippen LogP contribution in [0.3, 0.4) is 0 Å². The fourth-order valence-electron chi connectivity index (χ4n) is 4.31. The zero-order valence-electron chi connectivity index (χ0n) is 18.7. The number of para-hydroxylation sites is 1. The predicted octanol–water partition coefficient (Wildman–Crippen LogP) is 5.64. The highest BCUT2D eigenvalue weighted by atomic mass is 35.5. The van der Waals surface area contributed by atoms with Crippen molar-refractivity contribution in [3.05, 3.63) is 65.2 Å². The number of carbonyl (C=O) groups is 2. The van der Waals surface area contributed by atoms with Gasteiger partial charge in [-0.3, -0.25) is 4.79 Å². The van der Waals surface area contributed by atoms with Gasteiger partial charge in [0.25, 0.3) is 0 Å². The van der Waals surface area contributed by atoms with Crippen LogP contribution in [-0.2, 0) is 4.79 Å². The zero-order valence-corrected chi connectivity index (χ0v) is 19.4. The van der Waals surface area contributed by atoms with Gasteiger partial charge in [-0.15, -0.1) is 0 Å². The third kappa shape index (κ3) is 6.23. The van der Waals surface area contributed by atoms with E-state index in [-0.39, 0.29) is 17.7 Å². The fourth-order valence-corrected chi connectivity index (χ4v) is 4.44. The standard InChI is InChI=1S/C25H31ClN2O3/c1-24(2)17-28(15-14-21(24)18-10-12-19(26)13-11-18)22(29)16-25(3,4)27-23(30)31-20-8-6-5-7-9-20/h5-13,21H,14-17H2,1-4H3,(H,27,30). The lowest BCUT2D eigenvalue weighted by Crippen LogP contribution is -2.52. The minimum atomic E-state index is -0.722. The van der Waals surface area contributed by atoms with Gasteiger partial charge in [0.05, 0.1) is 0 Å². The molecule has 1 saturated heterocycles. The molecule has 0 bridgehead atoms. The Hall–Kier alpha value is -2.53. The van der Waals surface area contributed by atoms with E-state index in [0.29, 0.717) is 24.8 Å². The third-order valence-electron chi connectivity index (χ3n) is 5.84. The van der Waals surface area contributed by atoms with Gasteiger partial charge in [0.1, 0.15) is 5.75 Å². The van der Waals surface area contributed by atoms with Crippen molar-refractivity contribution in [3.63, 3.8) is 0 Å². The quantitative estimate of drug-likeness (QED) is 0.651. The van der Waals surface area contributed by atoms with E-state index in [2.05, 4.69) is 31.3 Å². The Balaban J connectivity index is 1.57. The number of rotatable bonds is 5. The van der Waals surface area contributed by atoms with Crippen LogP contribution in [0.25, 0.3) is 0 Å². The lowest BCUT2D eigenvalue weighted by molar-refractivity contribution is -0.136. The first kappa shape index (κ1) is 23.1. The Bertz CT molecular complexity index is 910. The summed E-state index contributed by atoms with van der Waals surface area (Å²) in [6.45, 7) is 9.44. The predicted molar refractivity (Wildman–Crippen MR) is 123 cm³/mol. The highest BCUT2D eigenvalue weighted by Crippen LogP contribution is 2.42. The Labute approximate surface area is 189 Å². The van der Waals surface area contributed by atoms with Gasteiger partial charge < -0.3 is 15.0 Å². The molecule has 0 saturated carbocycles. The molecule has 0 radical (unpaired) electrons. The lowest BCUT2D eigenvalue weighted by atomic mass is 9.70. The van der Waals surface area contributed by atoms with Gasteiger partial charge in [0.15, 0.2) is 0 Å². The summed E-state index contributed by atoms with van der Waals surface area (Å²) in [4.78, 5) is 27.2. The monoisotopic (exact) mass is 442 g/mol. The maximum Gasteiger partial charge on any atom is 0.413 e. The first-order valence-electron chi connectivity index (χ1n) is 10.6. The fraction of sp³-hybridized carbons (Fsp3) is 0.440. The van der Waals surface area contributed by atoms with Gasteiger partial charge in [0, 0.05) is 30.1 Å². The van der Waals surface area contributed by atoms with Gasteiger partial charge in [-0.2, -0.15) is 0 Å². The van der Waals surface area contributed by atoms with Gasteiger partial charge >= 0.3 is 6.09 Å². The van der Waals surface area contributed by atoms with Crippen LogP contribution in [0.2, 0.25) is 5.02 Å². The summed E-state index contributed by atoms with van der Waals surface area (Å²) in [5.41, 5.74) is 0.471. The van der Waals surface area contributed by atoms with E-state index in [9.17, 15) is 9.59 Å². The van der Waals surface area contributed by atoms with Crippen LogP contribution in [0.4, 0.5) is 4.79 Å². The number of halogens is 1. The van der Waals surface area contributed by atoms with Crippen LogP contribution in [0, 0.1) is 5.41 Å². The van der Waals surface area contributed by atoms with Crippen LogP contribution in [0.15, 0.2) is 54.6 Å². The molecule has 0 aliphatic carbocycles. The number of hydrogen-bond donors (Lipinski definition) is 1. The molecule has 1 heterocycles. The van der Waals surface area contributed by atoms with Crippen molar-refractivity contribution in [3.8, 4) is 5.75 Å². The molecule has 0 spiro atoms. The number of ether oxygens (including phenoxy) is 1. The summed E-state index contributed by atoms with van der Waals surface area (Å²) >= 11 is 6.04. The number of nitrogens with zero attached hydrogens (tertiary/aromatic N) is 1. The molecule has 2 aromatic carbocycles. The van der Waals surface area contributed by atoms with E-state index in [4.69, 9.17) is 16.3 Å². The van der Waals surface area contributed by atoms with E-state index in [1.165, 1.54) is 5.56 Å². The van der Waals surface area contributed by atoms with Crippen LogP contribution in [-0.4, -0.2) is 35.5 Å². The average molecular weight is 443 g/mol. The molecule has 31 heavy (non-hydrogen) atoms. The van der Waals surface area contributed by atoms with Crippen LogP contribution >= 0.6 is 11.6 Å². The van der Waals surface area contributed by atoms with Crippen LogP contribution < -0.4 is 10.1 Å². The molecule has 0 aromatic heterocycles. The summed E-state index contributed by atoms with van der Waals surface area (Å²) in [7, 11) is 0. The normalized spacial score (nSPS) is 18.4. The molecule has 1 N–H and O–H groups in total. The van der Waals surface area contributed by atoms with Crippen molar-refractivity contribution in [2.45, 2.75) is 52.0 Å². The molecule has 6 heteroatoms. The largest absolute Gasteiger partial charge is 0.413 e. The zero-order chi connectivity index (χ0) is 22.6. The number of amides is 2. The number of hydrogen-bond acceptors (Lipinski definition) is 3. The molecular formula is C25H31ClN2O3. The second-order valence-electron chi connectivity index (χ2n) is 9.58. The molecule has 166 valence electrons. The van der Waals surface area contributed by atoms with E-state index < -0.39 is 11.6 Å². The maximum atomic E-state index is 13.0. The van der Waals surface area contributed by atoms with Gasteiger partial charge in [-0.1, -0.05) is 55.8 Å². The summed E-state index contributed by atoms with van der Waals surface area (Å²) in [5, 5.41) is 3.55. The Morgan fingerprint density at radius 2 is 1.77 bits per heavy atom. The minimum absolute atomic E-state index is 0.0349. The van der Waals surface area contributed by atoms with Crippen molar-refractivity contribution in [1.29, 1.82) is 0 Å². The summed E-state index contributed by atoms with van der Waals surface area (Å²) in [5.74, 6) is 0.863. The van der Waals surface area contributed by atoms with Gasteiger partial charge in [0.2, 0.25) is 5.91 Å². The van der Waals surface area contributed by atoms with Crippen LogP contribution in [0.1, 0.15) is 52.0 Å². The van der Waals surface area contributed by atoms with E-state index in [1.54, 1.807) is 24.3 Å². The molecular weight excluding hydrogens is 412 g/mol. The molecule has 3 rings (SSSR count). The second-order valence-corrected chi connectivity index (χ2v) is 10.0. The van der Waals surface area contributed by atoms with E-state index >= 15 is 0 Å². The SMILES string of the molecule is CC(C)(CC(=O)N1CCC(c2ccc(Cl)cc2)C(C)(C)C1)NC(=O)Oc1ccccc1. The second kappa shape index (κ2) is 9.31. The van der Waals surface area contributed by atoms with Gasteiger partial charge in [-0.05, 0) is 61.4 Å². The minimum Gasteiger partial charge on any atom is -0.410 e. The Morgan fingerprint density at radius 1 is 1.13 bits per heavy atom. The number of nitrogens with one attached hydrogen (secondary N) is 1. The first-order valence-corrected chi connectivity index (χ1v) is 11.0. The van der Waals surface area contributed by atoms with E-state index in [0.717, 1.165) is 11.4 Å². The third-order valence-corrected chi connectivity index (χ3v) is 6.09. The molecule has 2 amide bonds. The molecule has 2 aromatic rings. The summed E-state index contributed by atoms with van der Waals surface area (Å²) in [6.07, 6.45) is 0.536. The van der Waals surface area contributed by atoms with Crippen molar-refractivity contribution in [1.82, 2.24) is 10.2 Å². The lowest BCUT2D eigenvalue weighted by Gasteiger charge is -2.45. The van der Waals surface area contributed by atoms with Crippen molar-refractivity contribution in [2.75, 3.05) is 13.1 Å². The topological polar surface area (TPSA) is 58.6 Å². The summed E-state index contributed by atoms with van der Waals surface area (Å²) in [6, 6.07) is 16.9. The van der Waals surface area contributed by atoms with Gasteiger partial charge in [-0.25, -0.2) is 4.79 Å². The molecule has 5 nitrogen and oxygen atoms in total.